The molecule has 6 nitrogen and oxygen atoms in total. The predicted molar refractivity (Wildman–Crippen MR) is 103 cm³/mol. The lowest BCUT2D eigenvalue weighted by molar-refractivity contribution is -0.385. The summed E-state index contributed by atoms with van der Waals surface area (Å²) in [6, 6.07) is 12.5. The van der Waals surface area contributed by atoms with E-state index >= 15 is 0 Å². The maximum atomic E-state index is 11.2. The Morgan fingerprint density at radius 1 is 1.31 bits per heavy atom. The number of hydrogen-bond acceptors (Lipinski definition) is 4. The van der Waals surface area contributed by atoms with E-state index < -0.39 is 22.7 Å². The predicted octanol–water partition coefficient (Wildman–Crippen LogP) is 4.55. The Morgan fingerprint density at radius 2 is 2.00 bits per heavy atom. The number of benzene rings is 2. The van der Waals surface area contributed by atoms with Crippen molar-refractivity contribution in [3.63, 3.8) is 0 Å². The topological polar surface area (TPSA) is 86.7 Å². The standard InChI is InChI=1S/C19H20BrN2O4/c1-19(2)18(23)17(21-9-8-12-6-4-3-5-7-12)13-10-14(20)15(22(24)25)11-16(13)26-19/h3-7,10-11,17-18,23H,8-9H2,1-2H3/q-1/t17?,18-/m1/s1. The summed E-state index contributed by atoms with van der Waals surface area (Å²) in [5, 5.41) is 26.6. The van der Waals surface area contributed by atoms with Crippen LogP contribution in [0, 0.1) is 10.1 Å². The number of nitro benzene ring substituents is 1. The first-order valence-corrected chi connectivity index (χ1v) is 9.14. The molecule has 138 valence electrons. The quantitative estimate of drug-likeness (QED) is 0.568. The highest BCUT2D eigenvalue weighted by atomic mass is 79.9. The molecule has 0 amide bonds. The second kappa shape index (κ2) is 7.34. The Bertz CT molecular complexity index is 811. The third-order valence-corrected chi connectivity index (χ3v) is 5.18. The SMILES string of the molecule is CC1(C)Oc2cc([N+](=O)[O-])c(Br)cc2C([N-]CCc2ccccc2)[C@H]1O. The van der Waals surface area contributed by atoms with Gasteiger partial charge in [0.05, 0.1) is 21.6 Å². The van der Waals surface area contributed by atoms with Gasteiger partial charge in [-0.15, -0.1) is 6.54 Å². The Hall–Kier alpha value is -1.96. The van der Waals surface area contributed by atoms with E-state index in [-0.39, 0.29) is 5.69 Å². The first-order chi connectivity index (χ1) is 12.3. The fourth-order valence-electron chi connectivity index (χ4n) is 3.09. The summed E-state index contributed by atoms with van der Waals surface area (Å²) < 4.78 is 6.18. The second-order valence-electron chi connectivity index (χ2n) is 6.84. The van der Waals surface area contributed by atoms with Crippen LogP contribution >= 0.6 is 15.9 Å². The zero-order valence-electron chi connectivity index (χ0n) is 14.6. The summed E-state index contributed by atoms with van der Waals surface area (Å²) in [5.41, 5.74) is 0.860. The number of rotatable bonds is 5. The van der Waals surface area contributed by atoms with Crippen molar-refractivity contribution in [3.05, 3.63) is 73.5 Å². The van der Waals surface area contributed by atoms with E-state index in [9.17, 15) is 15.2 Å². The molecule has 26 heavy (non-hydrogen) atoms. The second-order valence-corrected chi connectivity index (χ2v) is 7.69. The molecular formula is C19H20BrN2O4-. The maximum absolute atomic E-state index is 11.2. The van der Waals surface area contributed by atoms with Gasteiger partial charge >= 0.3 is 0 Å². The van der Waals surface area contributed by atoms with Crippen molar-refractivity contribution in [2.75, 3.05) is 6.54 Å². The summed E-state index contributed by atoms with van der Waals surface area (Å²) in [6.07, 6.45) is -0.0893. The Labute approximate surface area is 160 Å². The van der Waals surface area contributed by atoms with Crippen molar-refractivity contribution in [1.82, 2.24) is 0 Å². The van der Waals surface area contributed by atoms with Crippen LogP contribution in [-0.2, 0) is 6.42 Å². The lowest BCUT2D eigenvalue weighted by atomic mass is 9.86. The van der Waals surface area contributed by atoms with E-state index in [2.05, 4.69) is 15.9 Å². The minimum Gasteiger partial charge on any atom is -0.653 e. The van der Waals surface area contributed by atoms with Crippen LogP contribution in [0.3, 0.4) is 0 Å². The maximum Gasteiger partial charge on any atom is 0.287 e. The van der Waals surface area contributed by atoms with Crippen molar-refractivity contribution in [2.45, 2.75) is 38.0 Å². The van der Waals surface area contributed by atoms with Crippen molar-refractivity contribution < 1.29 is 14.8 Å². The van der Waals surface area contributed by atoms with E-state index in [0.717, 1.165) is 6.42 Å². The average Bonchev–Trinajstić information content (AvgIpc) is 2.59. The molecule has 3 rings (SSSR count). The van der Waals surface area contributed by atoms with Crippen LogP contribution in [0.25, 0.3) is 5.32 Å². The molecule has 0 bridgehead atoms. The van der Waals surface area contributed by atoms with Gasteiger partial charge in [0, 0.05) is 0 Å². The van der Waals surface area contributed by atoms with Crippen LogP contribution in [0.5, 0.6) is 5.75 Å². The van der Waals surface area contributed by atoms with Crippen molar-refractivity contribution in [1.29, 1.82) is 0 Å². The summed E-state index contributed by atoms with van der Waals surface area (Å²) in [5.74, 6) is 0.392. The summed E-state index contributed by atoms with van der Waals surface area (Å²) in [7, 11) is 0. The van der Waals surface area contributed by atoms with Gasteiger partial charge in [0.25, 0.3) is 5.69 Å². The summed E-state index contributed by atoms with van der Waals surface area (Å²) >= 11 is 3.24. The fourth-order valence-corrected chi connectivity index (χ4v) is 3.59. The molecule has 0 aromatic heterocycles. The molecule has 1 aliphatic rings. The van der Waals surface area contributed by atoms with E-state index in [0.29, 0.717) is 22.3 Å². The van der Waals surface area contributed by atoms with Gasteiger partial charge in [-0.05, 0) is 53.4 Å². The zero-order chi connectivity index (χ0) is 18.9. The first-order valence-electron chi connectivity index (χ1n) is 8.35. The molecule has 0 radical (unpaired) electrons. The smallest absolute Gasteiger partial charge is 0.287 e. The largest absolute Gasteiger partial charge is 0.653 e. The molecular weight excluding hydrogens is 400 g/mol. The Morgan fingerprint density at radius 3 is 2.65 bits per heavy atom. The molecule has 7 heteroatoms. The van der Waals surface area contributed by atoms with E-state index in [1.54, 1.807) is 19.9 Å². The number of aliphatic hydroxyl groups excluding tert-OH is 1. The zero-order valence-corrected chi connectivity index (χ0v) is 16.1. The highest BCUT2D eigenvalue weighted by Gasteiger charge is 2.39. The minimum absolute atomic E-state index is 0.0704. The number of aliphatic hydroxyl groups is 1. The molecule has 0 aliphatic carbocycles. The summed E-state index contributed by atoms with van der Waals surface area (Å²) in [6.45, 7) is 4.05. The van der Waals surface area contributed by atoms with E-state index in [1.165, 1.54) is 11.6 Å². The first kappa shape index (κ1) is 18.8. The number of hydrogen-bond donors (Lipinski definition) is 1. The van der Waals surface area contributed by atoms with Gasteiger partial charge < -0.3 is 15.2 Å². The van der Waals surface area contributed by atoms with Crippen LogP contribution in [-0.4, -0.2) is 28.3 Å². The molecule has 0 saturated heterocycles. The van der Waals surface area contributed by atoms with E-state index in [1.807, 2.05) is 30.3 Å². The van der Waals surface area contributed by atoms with Crippen LogP contribution in [0.1, 0.15) is 31.0 Å². The number of nitro groups is 1. The van der Waals surface area contributed by atoms with Crippen LogP contribution in [0.4, 0.5) is 5.69 Å². The Balaban J connectivity index is 1.87. The van der Waals surface area contributed by atoms with Crippen LogP contribution in [0.15, 0.2) is 46.9 Å². The highest BCUT2D eigenvalue weighted by Crippen LogP contribution is 2.47. The molecule has 0 spiro atoms. The number of fused-ring (bicyclic) bond motifs is 1. The average molecular weight is 420 g/mol. The minimum atomic E-state index is -0.893. The molecule has 2 atom stereocenters. The van der Waals surface area contributed by atoms with Crippen molar-refractivity contribution in [2.24, 2.45) is 0 Å². The van der Waals surface area contributed by atoms with Crippen molar-refractivity contribution in [3.8, 4) is 5.75 Å². The molecule has 1 heterocycles. The molecule has 0 fully saturated rings. The summed E-state index contributed by atoms with van der Waals surface area (Å²) in [4.78, 5) is 10.7. The molecule has 2 aromatic carbocycles. The molecule has 0 saturated carbocycles. The van der Waals surface area contributed by atoms with E-state index in [4.69, 9.17) is 10.1 Å². The van der Waals surface area contributed by atoms with Gasteiger partial charge in [0.2, 0.25) is 0 Å². The molecule has 2 aromatic rings. The van der Waals surface area contributed by atoms with Crippen LogP contribution in [0.2, 0.25) is 0 Å². The monoisotopic (exact) mass is 419 g/mol. The van der Waals surface area contributed by atoms with Gasteiger partial charge in [-0.3, -0.25) is 10.1 Å². The Kier molecular flexibility index (Phi) is 5.32. The van der Waals surface area contributed by atoms with Gasteiger partial charge in [-0.25, -0.2) is 0 Å². The van der Waals surface area contributed by atoms with Crippen LogP contribution < -0.4 is 4.74 Å². The normalized spacial score (nSPS) is 20.9. The number of ether oxygens (including phenoxy) is 1. The van der Waals surface area contributed by atoms with Gasteiger partial charge in [-0.1, -0.05) is 36.4 Å². The van der Waals surface area contributed by atoms with Gasteiger partial charge in [-0.2, -0.15) is 0 Å². The van der Waals surface area contributed by atoms with Crippen molar-refractivity contribution >= 4 is 21.6 Å². The highest BCUT2D eigenvalue weighted by molar-refractivity contribution is 9.10. The third kappa shape index (κ3) is 3.75. The lowest BCUT2D eigenvalue weighted by Crippen LogP contribution is -2.48. The molecule has 1 N–H and O–H groups in total. The molecule has 1 unspecified atom stereocenters. The van der Waals surface area contributed by atoms with Gasteiger partial charge in [0.1, 0.15) is 11.4 Å². The molecule has 1 aliphatic heterocycles. The fraction of sp³-hybridized carbons (Fsp3) is 0.368. The lowest BCUT2D eigenvalue weighted by Gasteiger charge is -2.48. The van der Waals surface area contributed by atoms with Gasteiger partial charge in [0.15, 0.2) is 0 Å². The third-order valence-electron chi connectivity index (χ3n) is 4.55. The number of nitrogens with zero attached hydrogens (tertiary/aromatic N) is 2. The number of halogens is 1.